The molecule has 0 fully saturated rings. The van der Waals surface area contributed by atoms with Crippen LogP contribution in [0.25, 0.3) is 0 Å². The van der Waals surface area contributed by atoms with Crippen molar-refractivity contribution in [2.75, 3.05) is 0 Å². The lowest BCUT2D eigenvalue weighted by molar-refractivity contribution is -0.120. The highest BCUT2D eigenvalue weighted by atomic mass is 16.3. The number of allylic oxidation sites excluding steroid dienone is 4. The smallest absolute Gasteiger partial charge is 0.220 e. The molecule has 4 heteroatoms. The Labute approximate surface area is 139 Å². The minimum Gasteiger partial charge on any atom is -0.393 e. The van der Waals surface area contributed by atoms with Crippen molar-refractivity contribution in [3.8, 4) is 0 Å². The van der Waals surface area contributed by atoms with Crippen LogP contribution in [0.1, 0.15) is 52.4 Å². The number of hydrogen-bond donors (Lipinski definition) is 3. The van der Waals surface area contributed by atoms with Crippen molar-refractivity contribution in [2.45, 2.75) is 64.6 Å². The van der Waals surface area contributed by atoms with E-state index in [0.29, 0.717) is 30.1 Å². The van der Waals surface area contributed by atoms with Crippen molar-refractivity contribution in [3.05, 3.63) is 23.8 Å². The number of hydrogen-bond acceptors (Lipinski definition) is 3. The molecule has 2 rings (SSSR count). The van der Waals surface area contributed by atoms with E-state index in [0.717, 1.165) is 6.42 Å². The van der Waals surface area contributed by atoms with Crippen molar-refractivity contribution in [1.29, 1.82) is 0 Å². The molecule has 2 aliphatic rings. The van der Waals surface area contributed by atoms with Crippen LogP contribution in [0.4, 0.5) is 0 Å². The van der Waals surface area contributed by atoms with Gasteiger partial charge < -0.3 is 15.9 Å². The van der Waals surface area contributed by atoms with Crippen molar-refractivity contribution < 1.29 is 15.0 Å². The topological polar surface area (TPSA) is 83.6 Å². The van der Waals surface area contributed by atoms with Gasteiger partial charge in [-0.05, 0) is 61.3 Å². The first-order chi connectivity index (χ1) is 10.9. The van der Waals surface area contributed by atoms with Crippen LogP contribution in [0.5, 0.6) is 0 Å². The molecule has 0 aliphatic heterocycles. The fourth-order valence-corrected chi connectivity index (χ4v) is 4.15. The molecule has 0 spiro atoms. The zero-order chi connectivity index (χ0) is 17.0. The third-order valence-electron chi connectivity index (χ3n) is 5.44. The molecule has 0 bridgehead atoms. The lowest BCUT2D eigenvalue weighted by Gasteiger charge is -2.39. The maximum absolute atomic E-state index is 10.8. The Bertz CT molecular complexity index is 471. The second kappa shape index (κ2) is 8.11. The number of rotatable bonds is 7. The second-order valence-electron chi connectivity index (χ2n) is 7.50. The summed E-state index contributed by atoms with van der Waals surface area (Å²) < 4.78 is 0. The molecule has 0 aromatic carbocycles. The molecular weight excluding hydrogens is 290 g/mol. The summed E-state index contributed by atoms with van der Waals surface area (Å²) in [5.74, 6) is 1.82. The molecule has 0 aromatic heterocycles. The molecule has 6 atom stereocenters. The van der Waals surface area contributed by atoms with Crippen LogP contribution in [-0.2, 0) is 4.79 Å². The summed E-state index contributed by atoms with van der Waals surface area (Å²) in [6, 6.07) is 0. The molecule has 0 saturated heterocycles. The summed E-state index contributed by atoms with van der Waals surface area (Å²) in [5.41, 5.74) is 6.54. The number of aliphatic hydroxyl groups is 2. The van der Waals surface area contributed by atoms with Crippen LogP contribution >= 0.6 is 0 Å². The van der Waals surface area contributed by atoms with Gasteiger partial charge in [-0.15, -0.1) is 0 Å². The average molecular weight is 321 g/mol. The molecule has 0 unspecified atom stereocenters. The first-order valence-corrected chi connectivity index (χ1v) is 8.91. The predicted molar refractivity (Wildman–Crippen MR) is 91.4 cm³/mol. The van der Waals surface area contributed by atoms with Crippen molar-refractivity contribution in [3.63, 3.8) is 0 Å². The molecule has 0 heterocycles. The van der Waals surface area contributed by atoms with E-state index in [1.165, 1.54) is 18.4 Å². The lowest BCUT2D eigenvalue weighted by atomic mass is 9.66. The van der Waals surface area contributed by atoms with Gasteiger partial charge in [-0.25, -0.2) is 0 Å². The quantitative estimate of drug-likeness (QED) is 0.674. The Morgan fingerprint density at radius 3 is 2.74 bits per heavy atom. The average Bonchev–Trinajstić information content (AvgIpc) is 2.45. The number of nitrogens with two attached hydrogens (primary N) is 1. The van der Waals surface area contributed by atoms with Crippen molar-refractivity contribution in [2.24, 2.45) is 29.4 Å². The molecule has 1 amide bonds. The largest absolute Gasteiger partial charge is 0.393 e. The van der Waals surface area contributed by atoms with E-state index in [1.54, 1.807) is 0 Å². The molecular formula is C19H31NO3. The summed E-state index contributed by atoms with van der Waals surface area (Å²) in [5, 5.41) is 19.9. The summed E-state index contributed by atoms with van der Waals surface area (Å²) in [6.45, 7) is 4.53. The Balaban J connectivity index is 1.88. The zero-order valence-electron chi connectivity index (χ0n) is 14.3. The van der Waals surface area contributed by atoms with E-state index in [9.17, 15) is 15.0 Å². The van der Waals surface area contributed by atoms with Crippen LogP contribution in [0.2, 0.25) is 0 Å². The summed E-state index contributed by atoms with van der Waals surface area (Å²) in [6.07, 6.45) is 9.80. The van der Waals surface area contributed by atoms with Crippen LogP contribution in [0.3, 0.4) is 0 Å². The van der Waals surface area contributed by atoms with Gasteiger partial charge in [0, 0.05) is 0 Å². The van der Waals surface area contributed by atoms with Gasteiger partial charge in [0.2, 0.25) is 5.91 Å². The summed E-state index contributed by atoms with van der Waals surface area (Å²) >= 11 is 0. The van der Waals surface area contributed by atoms with Gasteiger partial charge in [-0.3, -0.25) is 4.79 Å². The van der Waals surface area contributed by atoms with Gasteiger partial charge in [-0.2, -0.15) is 0 Å². The molecule has 4 N–H and O–H groups in total. The minimum atomic E-state index is -0.836. The number of fused-ring (bicyclic) bond motifs is 1. The molecule has 0 saturated carbocycles. The number of carbonyl (C=O) groups excluding carboxylic acids is 1. The normalized spacial score (nSPS) is 32.8. The van der Waals surface area contributed by atoms with Crippen LogP contribution < -0.4 is 5.73 Å². The fraction of sp³-hybridized carbons (Fsp3) is 0.737. The number of amides is 1. The highest BCUT2D eigenvalue weighted by Crippen LogP contribution is 2.43. The van der Waals surface area contributed by atoms with Gasteiger partial charge in [0.05, 0.1) is 18.6 Å². The minimum absolute atomic E-state index is 0.0764. The predicted octanol–water partition coefficient (Wildman–Crippen LogP) is 2.55. The third kappa shape index (κ3) is 5.18. The Hall–Kier alpha value is -1.13. The highest BCUT2D eigenvalue weighted by Gasteiger charge is 2.33. The lowest BCUT2D eigenvalue weighted by Crippen LogP contribution is -2.30. The van der Waals surface area contributed by atoms with E-state index < -0.39 is 18.1 Å². The number of carbonyl (C=O) groups is 1. The Morgan fingerprint density at radius 1 is 1.30 bits per heavy atom. The third-order valence-corrected chi connectivity index (χ3v) is 5.44. The Morgan fingerprint density at radius 2 is 2.04 bits per heavy atom. The Kier molecular flexibility index (Phi) is 6.42. The number of primary amides is 1. The van der Waals surface area contributed by atoms with Gasteiger partial charge in [0.1, 0.15) is 0 Å². The van der Waals surface area contributed by atoms with E-state index in [2.05, 4.69) is 32.1 Å². The molecule has 0 aromatic rings. The fourth-order valence-electron chi connectivity index (χ4n) is 4.15. The monoisotopic (exact) mass is 321 g/mol. The van der Waals surface area contributed by atoms with E-state index in [4.69, 9.17) is 5.73 Å². The molecule has 0 radical (unpaired) electrons. The first-order valence-electron chi connectivity index (χ1n) is 8.91. The van der Waals surface area contributed by atoms with Crippen molar-refractivity contribution >= 4 is 5.91 Å². The molecule has 130 valence electrons. The van der Waals surface area contributed by atoms with Crippen molar-refractivity contribution in [1.82, 2.24) is 0 Å². The van der Waals surface area contributed by atoms with Crippen LogP contribution in [0.15, 0.2) is 23.8 Å². The highest BCUT2D eigenvalue weighted by molar-refractivity contribution is 5.74. The standard InChI is InChI=1S/C19H31NO3/c1-12-3-7-18-14(9-12)5-4-13(2)17(18)8-6-15(21)10-16(22)11-19(20)23/h4-5,9,12-13,15-18,21-22H,3,6-8,10-11H2,1-2H3,(H2,20,23)/t12-,13+,15-,16-,17+,18+/m1/s1. The summed E-state index contributed by atoms with van der Waals surface area (Å²) in [4.78, 5) is 10.8. The maximum Gasteiger partial charge on any atom is 0.220 e. The van der Waals surface area contributed by atoms with E-state index in [1.807, 2.05) is 0 Å². The maximum atomic E-state index is 10.8. The zero-order valence-corrected chi connectivity index (χ0v) is 14.3. The van der Waals surface area contributed by atoms with E-state index >= 15 is 0 Å². The molecule has 23 heavy (non-hydrogen) atoms. The first kappa shape index (κ1) is 18.2. The number of aliphatic hydroxyl groups excluding tert-OH is 2. The van der Waals surface area contributed by atoms with Gasteiger partial charge in [0.15, 0.2) is 0 Å². The molecule has 4 nitrogen and oxygen atoms in total. The second-order valence-corrected chi connectivity index (χ2v) is 7.50. The van der Waals surface area contributed by atoms with Crippen LogP contribution in [0, 0.1) is 23.7 Å². The summed E-state index contributed by atoms with van der Waals surface area (Å²) in [7, 11) is 0. The van der Waals surface area contributed by atoms with Crippen LogP contribution in [-0.4, -0.2) is 28.3 Å². The SMILES string of the molecule is C[C@H]1C=C2C=C[C@H](C)[C@H](CC[C@@H](O)C[C@@H](O)CC(N)=O)[C@H]2CC1. The van der Waals surface area contributed by atoms with E-state index in [-0.39, 0.29) is 12.8 Å². The molecule has 2 aliphatic carbocycles. The van der Waals surface area contributed by atoms with Gasteiger partial charge in [-0.1, -0.05) is 32.1 Å². The van der Waals surface area contributed by atoms with Gasteiger partial charge in [0.25, 0.3) is 0 Å². The van der Waals surface area contributed by atoms with Gasteiger partial charge >= 0.3 is 0 Å².